The Kier molecular flexibility index (Phi) is 3.34. The molecule has 0 aliphatic heterocycles. The van der Waals surface area contributed by atoms with Crippen LogP contribution in [0.2, 0.25) is 10.0 Å². The fraction of sp³-hybridized carbons (Fsp3) is 0.100. The number of benzene rings is 1. The molecule has 0 aliphatic rings. The molecule has 0 bridgehead atoms. The molecular formula is C10H7BrCl2N2. The second-order valence-electron chi connectivity index (χ2n) is 2.94. The topological polar surface area (TPSA) is 17.8 Å². The molecule has 2 rings (SSSR count). The molecule has 0 atom stereocenters. The van der Waals surface area contributed by atoms with Crippen LogP contribution in [0, 0.1) is 0 Å². The molecule has 0 saturated heterocycles. The van der Waals surface area contributed by atoms with Crippen LogP contribution in [0.1, 0.15) is 5.69 Å². The molecule has 2 aromatic rings. The molecule has 1 aromatic heterocycles. The van der Waals surface area contributed by atoms with Crippen LogP contribution in [-0.2, 0) is 5.33 Å². The van der Waals surface area contributed by atoms with Crippen LogP contribution in [0.15, 0.2) is 30.5 Å². The van der Waals surface area contributed by atoms with Crippen LogP contribution in [0.4, 0.5) is 0 Å². The SMILES string of the molecule is Clc1cccc(-n2nccc2CBr)c1Cl. The van der Waals surface area contributed by atoms with Gasteiger partial charge in [0.15, 0.2) is 0 Å². The Labute approximate surface area is 106 Å². The van der Waals surface area contributed by atoms with Crippen molar-refractivity contribution in [1.82, 2.24) is 9.78 Å². The van der Waals surface area contributed by atoms with Gasteiger partial charge in [-0.15, -0.1) is 0 Å². The molecule has 0 N–H and O–H groups in total. The summed E-state index contributed by atoms with van der Waals surface area (Å²) in [6.07, 6.45) is 1.73. The largest absolute Gasteiger partial charge is 0.235 e. The molecule has 15 heavy (non-hydrogen) atoms. The van der Waals surface area contributed by atoms with Crippen molar-refractivity contribution in [2.45, 2.75) is 5.33 Å². The van der Waals surface area contributed by atoms with Crippen LogP contribution in [0.25, 0.3) is 5.69 Å². The van der Waals surface area contributed by atoms with Crippen molar-refractivity contribution >= 4 is 39.1 Å². The van der Waals surface area contributed by atoms with E-state index < -0.39 is 0 Å². The third-order valence-electron chi connectivity index (χ3n) is 2.02. The second kappa shape index (κ2) is 4.56. The smallest absolute Gasteiger partial charge is 0.0850 e. The summed E-state index contributed by atoms with van der Waals surface area (Å²) in [5.41, 5.74) is 1.82. The third kappa shape index (κ3) is 2.05. The molecule has 0 aliphatic carbocycles. The van der Waals surface area contributed by atoms with E-state index in [2.05, 4.69) is 21.0 Å². The van der Waals surface area contributed by atoms with E-state index in [1.807, 2.05) is 18.2 Å². The van der Waals surface area contributed by atoms with Gasteiger partial charge in [0.25, 0.3) is 0 Å². The Morgan fingerprint density at radius 2 is 2.07 bits per heavy atom. The maximum atomic E-state index is 6.11. The first kappa shape index (κ1) is 11.0. The highest BCUT2D eigenvalue weighted by Gasteiger charge is 2.09. The van der Waals surface area contributed by atoms with Gasteiger partial charge in [0, 0.05) is 11.5 Å². The number of alkyl halides is 1. The van der Waals surface area contributed by atoms with Gasteiger partial charge in [-0.2, -0.15) is 5.10 Å². The van der Waals surface area contributed by atoms with Crippen molar-refractivity contribution in [3.05, 3.63) is 46.2 Å². The van der Waals surface area contributed by atoms with Crippen molar-refractivity contribution in [2.75, 3.05) is 0 Å². The zero-order chi connectivity index (χ0) is 10.8. The lowest BCUT2D eigenvalue weighted by atomic mass is 10.3. The minimum atomic E-state index is 0.519. The molecule has 78 valence electrons. The van der Waals surface area contributed by atoms with Crippen LogP contribution in [0.3, 0.4) is 0 Å². The number of hydrogen-bond acceptors (Lipinski definition) is 1. The van der Waals surface area contributed by atoms with Crippen LogP contribution in [-0.4, -0.2) is 9.78 Å². The minimum absolute atomic E-state index is 0.519. The van der Waals surface area contributed by atoms with Gasteiger partial charge in [-0.3, -0.25) is 0 Å². The van der Waals surface area contributed by atoms with E-state index in [1.165, 1.54) is 0 Å². The zero-order valence-corrected chi connectivity index (χ0v) is 10.7. The van der Waals surface area contributed by atoms with Crippen molar-refractivity contribution in [2.24, 2.45) is 0 Å². The van der Waals surface area contributed by atoms with Gasteiger partial charge in [-0.1, -0.05) is 45.2 Å². The van der Waals surface area contributed by atoms with Gasteiger partial charge < -0.3 is 0 Å². The third-order valence-corrected chi connectivity index (χ3v) is 3.40. The maximum Gasteiger partial charge on any atom is 0.0850 e. The van der Waals surface area contributed by atoms with Gasteiger partial charge >= 0.3 is 0 Å². The molecule has 0 amide bonds. The average molecular weight is 306 g/mol. The number of hydrogen-bond donors (Lipinski definition) is 0. The van der Waals surface area contributed by atoms with Crippen LogP contribution in [0.5, 0.6) is 0 Å². The lowest BCUT2D eigenvalue weighted by Crippen LogP contribution is -2.01. The summed E-state index contributed by atoms with van der Waals surface area (Å²) >= 11 is 15.4. The highest BCUT2D eigenvalue weighted by Crippen LogP contribution is 2.28. The van der Waals surface area contributed by atoms with E-state index in [0.29, 0.717) is 10.0 Å². The molecule has 0 radical (unpaired) electrons. The molecule has 2 nitrogen and oxygen atoms in total. The van der Waals surface area contributed by atoms with E-state index in [9.17, 15) is 0 Å². The Morgan fingerprint density at radius 3 is 2.80 bits per heavy atom. The summed E-state index contributed by atoms with van der Waals surface area (Å²) in [4.78, 5) is 0. The first-order chi connectivity index (χ1) is 7.24. The Balaban J connectivity index is 2.59. The fourth-order valence-electron chi connectivity index (χ4n) is 1.30. The fourth-order valence-corrected chi connectivity index (χ4v) is 2.10. The summed E-state index contributed by atoms with van der Waals surface area (Å²) < 4.78 is 1.77. The Bertz CT molecular complexity index is 482. The Morgan fingerprint density at radius 1 is 1.27 bits per heavy atom. The van der Waals surface area contributed by atoms with Gasteiger partial charge in [0.2, 0.25) is 0 Å². The second-order valence-corrected chi connectivity index (χ2v) is 4.29. The summed E-state index contributed by atoms with van der Waals surface area (Å²) in [6.45, 7) is 0. The molecule has 0 spiro atoms. The van der Waals surface area contributed by atoms with E-state index in [1.54, 1.807) is 16.9 Å². The van der Waals surface area contributed by atoms with E-state index in [4.69, 9.17) is 23.2 Å². The Hall–Kier alpha value is -0.510. The predicted octanol–water partition coefficient (Wildman–Crippen LogP) is 4.07. The van der Waals surface area contributed by atoms with Gasteiger partial charge in [-0.25, -0.2) is 4.68 Å². The van der Waals surface area contributed by atoms with Gasteiger partial charge in [0.1, 0.15) is 0 Å². The molecule has 0 saturated carbocycles. The first-order valence-electron chi connectivity index (χ1n) is 4.27. The highest BCUT2D eigenvalue weighted by molar-refractivity contribution is 9.08. The predicted molar refractivity (Wildman–Crippen MR) is 66.2 cm³/mol. The van der Waals surface area contributed by atoms with Crippen LogP contribution < -0.4 is 0 Å². The van der Waals surface area contributed by atoms with Gasteiger partial charge in [0.05, 0.1) is 21.4 Å². The normalized spacial score (nSPS) is 10.6. The van der Waals surface area contributed by atoms with E-state index in [0.717, 1.165) is 16.7 Å². The van der Waals surface area contributed by atoms with Crippen LogP contribution >= 0.6 is 39.1 Å². The van der Waals surface area contributed by atoms with Crippen molar-refractivity contribution < 1.29 is 0 Å². The lowest BCUT2D eigenvalue weighted by Gasteiger charge is -2.08. The zero-order valence-electron chi connectivity index (χ0n) is 7.62. The monoisotopic (exact) mass is 304 g/mol. The molecule has 0 unspecified atom stereocenters. The average Bonchev–Trinajstić information content (AvgIpc) is 2.70. The van der Waals surface area contributed by atoms with Crippen molar-refractivity contribution in [1.29, 1.82) is 0 Å². The molecule has 5 heteroatoms. The van der Waals surface area contributed by atoms with Crippen molar-refractivity contribution in [3.8, 4) is 5.69 Å². The number of rotatable bonds is 2. The molecule has 0 fully saturated rings. The quantitative estimate of drug-likeness (QED) is 0.765. The molecular weight excluding hydrogens is 299 g/mol. The van der Waals surface area contributed by atoms with E-state index >= 15 is 0 Å². The number of halogens is 3. The maximum absolute atomic E-state index is 6.11. The lowest BCUT2D eigenvalue weighted by molar-refractivity contribution is 0.844. The first-order valence-corrected chi connectivity index (χ1v) is 6.15. The highest BCUT2D eigenvalue weighted by atomic mass is 79.9. The van der Waals surface area contributed by atoms with Crippen molar-refractivity contribution in [3.63, 3.8) is 0 Å². The number of nitrogens with zero attached hydrogens (tertiary/aromatic N) is 2. The summed E-state index contributed by atoms with van der Waals surface area (Å²) in [5, 5.41) is 5.97. The molecule has 1 heterocycles. The minimum Gasteiger partial charge on any atom is -0.235 e. The molecule has 1 aromatic carbocycles. The summed E-state index contributed by atoms with van der Waals surface area (Å²) in [5.74, 6) is 0. The summed E-state index contributed by atoms with van der Waals surface area (Å²) in [7, 11) is 0. The van der Waals surface area contributed by atoms with Gasteiger partial charge in [-0.05, 0) is 18.2 Å². The standard InChI is InChI=1S/C10H7BrCl2N2/c11-6-7-4-5-14-15(7)9-3-1-2-8(12)10(9)13/h1-5H,6H2. The number of aromatic nitrogens is 2. The van der Waals surface area contributed by atoms with E-state index in [-0.39, 0.29) is 0 Å². The summed E-state index contributed by atoms with van der Waals surface area (Å²) in [6, 6.07) is 7.41.